The molecule has 20 heavy (non-hydrogen) atoms. The lowest BCUT2D eigenvalue weighted by molar-refractivity contribution is 0.0453. The van der Waals surface area contributed by atoms with Gasteiger partial charge >= 0.3 is 0 Å². The van der Waals surface area contributed by atoms with Gasteiger partial charge in [0, 0.05) is 22.9 Å². The maximum atomic E-state index is 11.8. The summed E-state index contributed by atoms with van der Waals surface area (Å²) in [5.74, 6) is 0.856. The van der Waals surface area contributed by atoms with E-state index in [4.69, 9.17) is 10.8 Å². The number of nitrogens with two attached hydrogens (primary N) is 1. The fraction of sp³-hybridized carbons (Fsp3) is 0.538. The zero-order chi connectivity index (χ0) is 14.6. The van der Waals surface area contributed by atoms with Crippen LogP contribution in [0.1, 0.15) is 12.8 Å². The molecule has 0 saturated heterocycles. The van der Waals surface area contributed by atoms with Crippen LogP contribution in [-0.2, 0) is 10.0 Å². The summed E-state index contributed by atoms with van der Waals surface area (Å²) in [4.78, 5) is 0.974. The second kappa shape index (κ2) is 6.80. The van der Waals surface area contributed by atoms with Crippen LogP contribution >= 0.6 is 11.8 Å². The zero-order valence-electron chi connectivity index (χ0n) is 11.2. The van der Waals surface area contributed by atoms with Gasteiger partial charge in [-0.05, 0) is 37.0 Å². The minimum atomic E-state index is -3.23. The molecule has 4 N–H and O–H groups in total. The van der Waals surface area contributed by atoms with E-state index in [0.29, 0.717) is 30.8 Å². The van der Waals surface area contributed by atoms with Gasteiger partial charge in [0.25, 0.3) is 0 Å². The Labute approximate surface area is 124 Å². The van der Waals surface area contributed by atoms with Crippen LogP contribution < -0.4 is 10.5 Å². The van der Waals surface area contributed by atoms with E-state index in [9.17, 15) is 8.42 Å². The van der Waals surface area contributed by atoms with Gasteiger partial charge < -0.3 is 10.8 Å². The van der Waals surface area contributed by atoms with Crippen molar-refractivity contribution in [2.75, 3.05) is 23.8 Å². The molecule has 1 aromatic carbocycles. The molecule has 1 aliphatic rings. The summed E-state index contributed by atoms with van der Waals surface area (Å²) in [6.45, 7) is 0.433. The van der Waals surface area contributed by atoms with Gasteiger partial charge in [0.2, 0.25) is 10.0 Å². The molecule has 1 aromatic rings. The molecule has 0 heterocycles. The van der Waals surface area contributed by atoms with Gasteiger partial charge in [-0.3, -0.25) is 0 Å². The molecule has 2 rings (SSSR count). The van der Waals surface area contributed by atoms with Gasteiger partial charge in [-0.1, -0.05) is 6.07 Å². The fourth-order valence-corrected chi connectivity index (χ4v) is 4.53. The van der Waals surface area contributed by atoms with Crippen LogP contribution in [0.25, 0.3) is 0 Å². The Bertz CT molecular complexity index is 542. The van der Waals surface area contributed by atoms with E-state index in [1.54, 1.807) is 6.07 Å². The van der Waals surface area contributed by atoms with Gasteiger partial charge in [-0.15, -0.1) is 11.8 Å². The number of aliphatic hydroxyl groups is 1. The first-order valence-corrected chi connectivity index (χ1v) is 9.22. The van der Waals surface area contributed by atoms with Crippen LogP contribution in [0.5, 0.6) is 0 Å². The highest BCUT2D eigenvalue weighted by molar-refractivity contribution is 8.00. The first-order valence-electron chi connectivity index (χ1n) is 6.58. The molecule has 0 aliphatic heterocycles. The van der Waals surface area contributed by atoms with Gasteiger partial charge in [-0.2, -0.15) is 0 Å². The highest BCUT2D eigenvalue weighted by Gasteiger charge is 2.27. The standard InChI is InChI=1S/C13H20N2O3S2/c14-11-2-1-3-13(8-11)19-4-5-20(17,18)15-9-10-6-12(16)7-10/h1-3,8,10,12,15-16H,4-7,9,14H2. The Morgan fingerprint density at radius 3 is 2.80 bits per heavy atom. The van der Waals surface area contributed by atoms with E-state index in [2.05, 4.69) is 4.72 Å². The minimum absolute atomic E-state index is 0.0851. The zero-order valence-corrected chi connectivity index (χ0v) is 12.8. The van der Waals surface area contributed by atoms with Gasteiger partial charge in [-0.25, -0.2) is 13.1 Å². The quantitative estimate of drug-likeness (QED) is 0.516. The Balaban J connectivity index is 1.69. The largest absolute Gasteiger partial charge is 0.399 e. The minimum Gasteiger partial charge on any atom is -0.399 e. The van der Waals surface area contributed by atoms with Crippen molar-refractivity contribution < 1.29 is 13.5 Å². The van der Waals surface area contributed by atoms with Crippen LogP contribution in [0.2, 0.25) is 0 Å². The molecule has 0 radical (unpaired) electrons. The van der Waals surface area contributed by atoms with Crippen LogP contribution in [0.3, 0.4) is 0 Å². The number of hydrogen-bond donors (Lipinski definition) is 3. The Hall–Kier alpha value is -0.760. The molecule has 1 aliphatic carbocycles. The summed E-state index contributed by atoms with van der Waals surface area (Å²) in [5.41, 5.74) is 6.35. The van der Waals surface area contributed by atoms with E-state index >= 15 is 0 Å². The van der Waals surface area contributed by atoms with Crippen molar-refractivity contribution in [2.45, 2.75) is 23.8 Å². The molecule has 7 heteroatoms. The van der Waals surface area contributed by atoms with Crippen LogP contribution in [0.4, 0.5) is 5.69 Å². The molecule has 112 valence electrons. The first-order chi connectivity index (χ1) is 9.44. The monoisotopic (exact) mass is 316 g/mol. The summed E-state index contributed by atoms with van der Waals surface area (Å²) in [6, 6.07) is 7.40. The highest BCUT2D eigenvalue weighted by Crippen LogP contribution is 2.26. The maximum absolute atomic E-state index is 11.8. The highest BCUT2D eigenvalue weighted by atomic mass is 32.2. The molecular weight excluding hydrogens is 296 g/mol. The normalized spacial score (nSPS) is 22.4. The summed E-state index contributed by atoms with van der Waals surface area (Å²) < 4.78 is 26.2. The molecule has 0 atom stereocenters. The molecule has 5 nitrogen and oxygen atoms in total. The fourth-order valence-electron chi connectivity index (χ4n) is 2.06. The number of anilines is 1. The third kappa shape index (κ3) is 4.97. The second-order valence-electron chi connectivity index (χ2n) is 5.08. The van der Waals surface area contributed by atoms with E-state index in [1.165, 1.54) is 11.8 Å². The van der Waals surface area contributed by atoms with Crippen LogP contribution in [0.15, 0.2) is 29.2 Å². The van der Waals surface area contributed by atoms with Crippen molar-refractivity contribution >= 4 is 27.5 Å². The lowest BCUT2D eigenvalue weighted by Gasteiger charge is -2.31. The third-order valence-corrected chi connectivity index (χ3v) is 5.88. The van der Waals surface area contributed by atoms with E-state index in [0.717, 1.165) is 4.90 Å². The first kappa shape index (κ1) is 15.6. The molecule has 1 fully saturated rings. The van der Waals surface area contributed by atoms with E-state index < -0.39 is 10.0 Å². The molecular formula is C13H20N2O3S2. The van der Waals surface area contributed by atoms with Crippen molar-refractivity contribution in [2.24, 2.45) is 5.92 Å². The topological polar surface area (TPSA) is 92.4 Å². The van der Waals surface area contributed by atoms with Crippen molar-refractivity contribution in [3.05, 3.63) is 24.3 Å². The van der Waals surface area contributed by atoms with Gasteiger partial charge in [0.05, 0.1) is 11.9 Å². The van der Waals surface area contributed by atoms with Gasteiger partial charge in [0.1, 0.15) is 0 Å². The molecule has 0 unspecified atom stereocenters. The van der Waals surface area contributed by atoms with E-state index in [-0.39, 0.29) is 17.8 Å². The molecule has 0 amide bonds. The molecule has 1 saturated carbocycles. The lowest BCUT2D eigenvalue weighted by atomic mass is 9.83. The predicted octanol–water partition coefficient (Wildman–Crippen LogP) is 1.05. The summed E-state index contributed by atoms with van der Waals surface area (Å²) in [7, 11) is -3.23. The Morgan fingerprint density at radius 2 is 2.15 bits per heavy atom. The summed E-state index contributed by atoms with van der Waals surface area (Å²) in [5, 5.41) is 9.15. The number of benzene rings is 1. The second-order valence-corrected chi connectivity index (χ2v) is 8.17. The predicted molar refractivity (Wildman–Crippen MR) is 82.1 cm³/mol. The summed E-state index contributed by atoms with van der Waals surface area (Å²) in [6.07, 6.45) is 1.14. The smallest absolute Gasteiger partial charge is 0.212 e. The van der Waals surface area contributed by atoms with E-state index in [1.807, 2.05) is 18.2 Å². The molecule has 0 aromatic heterocycles. The number of nitrogen functional groups attached to an aromatic ring is 1. The van der Waals surface area contributed by atoms with Crippen LogP contribution in [-0.4, -0.2) is 37.7 Å². The maximum Gasteiger partial charge on any atom is 0.212 e. The number of sulfonamides is 1. The number of rotatable bonds is 7. The van der Waals surface area contributed by atoms with Crippen molar-refractivity contribution in [3.8, 4) is 0 Å². The molecule has 0 bridgehead atoms. The average molecular weight is 316 g/mol. The average Bonchev–Trinajstić information content (AvgIpc) is 2.33. The summed E-state index contributed by atoms with van der Waals surface area (Å²) >= 11 is 1.48. The SMILES string of the molecule is Nc1cccc(SCCS(=O)(=O)NCC2CC(O)C2)c1. The Morgan fingerprint density at radius 1 is 1.40 bits per heavy atom. The van der Waals surface area contributed by atoms with Crippen molar-refractivity contribution in [1.29, 1.82) is 0 Å². The van der Waals surface area contributed by atoms with Gasteiger partial charge in [0.15, 0.2) is 0 Å². The number of aliphatic hydroxyl groups excluding tert-OH is 1. The van der Waals surface area contributed by atoms with Crippen molar-refractivity contribution in [3.63, 3.8) is 0 Å². The van der Waals surface area contributed by atoms with Crippen molar-refractivity contribution in [1.82, 2.24) is 4.72 Å². The number of nitrogens with one attached hydrogen (secondary N) is 1. The van der Waals surface area contributed by atoms with Crippen LogP contribution in [0, 0.1) is 5.92 Å². The lowest BCUT2D eigenvalue weighted by Crippen LogP contribution is -2.39. The number of hydrogen-bond acceptors (Lipinski definition) is 5. The third-order valence-electron chi connectivity index (χ3n) is 3.28. The Kier molecular flexibility index (Phi) is 5.31. The molecule has 0 spiro atoms. The number of thioether (sulfide) groups is 1.